The molecule has 5 heteroatoms. The molecule has 2 aromatic carbocycles. The fourth-order valence-electron chi connectivity index (χ4n) is 2.56. The normalized spacial score (nSPS) is 16.6. The van der Waals surface area contributed by atoms with Crippen LogP contribution in [0.4, 0.5) is 10.5 Å². The fourth-order valence-corrected chi connectivity index (χ4v) is 2.56. The molecule has 0 spiro atoms. The van der Waals surface area contributed by atoms with Crippen LogP contribution in [0.2, 0.25) is 0 Å². The van der Waals surface area contributed by atoms with Crippen molar-refractivity contribution in [2.24, 2.45) is 0 Å². The van der Waals surface area contributed by atoms with Crippen molar-refractivity contribution in [3.05, 3.63) is 60.2 Å². The van der Waals surface area contributed by atoms with Gasteiger partial charge in [0, 0.05) is 18.8 Å². The highest BCUT2D eigenvalue weighted by Gasteiger charge is 2.15. The first-order valence-corrected chi connectivity index (χ1v) is 8.23. The smallest absolute Gasteiger partial charge is 0.319 e. The monoisotopic (exact) mass is 326 g/mol. The Morgan fingerprint density at radius 2 is 1.92 bits per heavy atom. The van der Waals surface area contributed by atoms with E-state index in [9.17, 15) is 4.79 Å². The van der Waals surface area contributed by atoms with Crippen LogP contribution in [0.3, 0.4) is 0 Å². The number of nitrogens with one attached hydrogen (secondary N) is 2. The summed E-state index contributed by atoms with van der Waals surface area (Å²) in [5.41, 5.74) is 1.85. The molecule has 0 bridgehead atoms. The Hall–Kier alpha value is -2.53. The zero-order chi connectivity index (χ0) is 16.6. The van der Waals surface area contributed by atoms with Crippen molar-refractivity contribution in [2.45, 2.75) is 25.6 Å². The predicted molar refractivity (Wildman–Crippen MR) is 93.2 cm³/mol. The zero-order valence-electron chi connectivity index (χ0n) is 13.5. The topological polar surface area (TPSA) is 59.6 Å². The lowest BCUT2D eigenvalue weighted by molar-refractivity contribution is 0.112. The Labute approximate surface area is 142 Å². The van der Waals surface area contributed by atoms with Crippen LogP contribution in [-0.4, -0.2) is 25.3 Å². The van der Waals surface area contributed by atoms with E-state index in [2.05, 4.69) is 10.6 Å². The number of amides is 2. The predicted octanol–water partition coefficient (Wildman–Crippen LogP) is 3.57. The van der Waals surface area contributed by atoms with Crippen LogP contribution in [-0.2, 0) is 11.3 Å². The van der Waals surface area contributed by atoms with E-state index >= 15 is 0 Å². The summed E-state index contributed by atoms with van der Waals surface area (Å²) in [6.07, 6.45) is 2.22. The van der Waals surface area contributed by atoms with E-state index in [0.717, 1.165) is 36.4 Å². The summed E-state index contributed by atoms with van der Waals surface area (Å²) >= 11 is 0. The second kappa shape index (κ2) is 8.36. The van der Waals surface area contributed by atoms with Crippen molar-refractivity contribution in [3.8, 4) is 5.75 Å². The molecule has 0 radical (unpaired) electrons. The standard InChI is InChI=1S/C19H22N2O3/c22-19(20-13-18-7-4-12-23-18)21-16-8-10-17(11-9-16)24-14-15-5-2-1-3-6-15/h1-3,5-6,8-11,18H,4,7,12-14H2,(H2,20,21,22). The molecule has 3 rings (SSSR count). The summed E-state index contributed by atoms with van der Waals surface area (Å²) in [5, 5.41) is 5.63. The van der Waals surface area contributed by atoms with E-state index in [1.807, 2.05) is 54.6 Å². The average Bonchev–Trinajstić information content (AvgIpc) is 3.14. The first-order valence-electron chi connectivity index (χ1n) is 8.23. The maximum Gasteiger partial charge on any atom is 0.319 e. The number of hydrogen-bond acceptors (Lipinski definition) is 3. The molecule has 126 valence electrons. The molecule has 0 aliphatic carbocycles. The number of hydrogen-bond donors (Lipinski definition) is 2. The number of carbonyl (C=O) groups excluding carboxylic acids is 1. The number of carbonyl (C=O) groups is 1. The second-order valence-corrected chi connectivity index (χ2v) is 5.77. The molecule has 2 aromatic rings. The minimum absolute atomic E-state index is 0.143. The van der Waals surface area contributed by atoms with Crippen molar-refractivity contribution in [2.75, 3.05) is 18.5 Å². The molecule has 1 fully saturated rings. The lowest BCUT2D eigenvalue weighted by atomic mass is 10.2. The van der Waals surface area contributed by atoms with Crippen molar-refractivity contribution in [1.29, 1.82) is 0 Å². The summed E-state index contributed by atoms with van der Waals surface area (Å²) in [7, 11) is 0. The summed E-state index contributed by atoms with van der Waals surface area (Å²) in [6, 6.07) is 17.1. The Balaban J connectivity index is 1.42. The van der Waals surface area contributed by atoms with Gasteiger partial charge in [-0.15, -0.1) is 0 Å². The van der Waals surface area contributed by atoms with Gasteiger partial charge in [-0.05, 0) is 42.7 Å². The van der Waals surface area contributed by atoms with E-state index in [1.165, 1.54) is 0 Å². The molecule has 5 nitrogen and oxygen atoms in total. The molecule has 2 N–H and O–H groups in total. The van der Waals surface area contributed by atoms with Gasteiger partial charge in [-0.1, -0.05) is 30.3 Å². The summed E-state index contributed by atoms with van der Waals surface area (Å²) in [5.74, 6) is 0.768. The summed E-state index contributed by atoms with van der Waals surface area (Å²) in [4.78, 5) is 11.9. The van der Waals surface area contributed by atoms with Crippen molar-refractivity contribution in [3.63, 3.8) is 0 Å². The van der Waals surface area contributed by atoms with Crippen LogP contribution in [0.5, 0.6) is 5.75 Å². The number of anilines is 1. The molecule has 1 saturated heterocycles. The third-order valence-corrected chi connectivity index (χ3v) is 3.87. The van der Waals surface area contributed by atoms with Crippen molar-refractivity contribution >= 4 is 11.7 Å². The van der Waals surface area contributed by atoms with E-state index in [1.54, 1.807) is 0 Å². The fraction of sp³-hybridized carbons (Fsp3) is 0.316. The molecule has 24 heavy (non-hydrogen) atoms. The highest BCUT2D eigenvalue weighted by atomic mass is 16.5. The zero-order valence-corrected chi connectivity index (χ0v) is 13.5. The van der Waals surface area contributed by atoms with E-state index in [0.29, 0.717) is 13.2 Å². The number of rotatable bonds is 6. The van der Waals surface area contributed by atoms with E-state index in [-0.39, 0.29) is 12.1 Å². The van der Waals surface area contributed by atoms with Crippen LogP contribution in [0.1, 0.15) is 18.4 Å². The average molecular weight is 326 g/mol. The quantitative estimate of drug-likeness (QED) is 0.853. The van der Waals surface area contributed by atoms with Crippen LogP contribution < -0.4 is 15.4 Å². The highest BCUT2D eigenvalue weighted by molar-refractivity contribution is 5.89. The first kappa shape index (κ1) is 16.3. The number of ether oxygens (including phenoxy) is 2. The van der Waals surface area contributed by atoms with Gasteiger partial charge in [0.1, 0.15) is 12.4 Å². The van der Waals surface area contributed by atoms with Gasteiger partial charge in [-0.3, -0.25) is 0 Å². The molecule has 1 heterocycles. The maximum absolute atomic E-state index is 11.9. The minimum atomic E-state index is -0.219. The largest absolute Gasteiger partial charge is 0.489 e. The van der Waals surface area contributed by atoms with E-state index < -0.39 is 0 Å². The lowest BCUT2D eigenvalue weighted by Gasteiger charge is -2.12. The SMILES string of the molecule is O=C(NCC1CCCO1)Nc1ccc(OCc2ccccc2)cc1. The molecular formula is C19H22N2O3. The highest BCUT2D eigenvalue weighted by Crippen LogP contribution is 2.17. The van der Waals surface area contributed by atoms with Crippen molar-refractivity contribution in [1.82, 2.24) is 5.32 Å². The molecule has 2 amide bonds. The Bertz CT molecular complexity index is 637. The summed E-state index contributed by atoms with van der Waals surface area (Å²) < 4.78 is 11.2. The number of urea groups is 1. The maximum atomic E-state index is 11.9. The third-order valence-electron chi connectivity index (χ3n) is 3.87. The Morgan fingerprint density at radius 3 is 2.62 bits per heavy atom. The molecule has 1 atom stereocenters. The Kier molecular flexibility index (Phi) is 5.69. The van der Waals surface area contributed by atoms with Crippen molar-refractivity contribution < 1.29 is 14.3 Å². The van der Waals surface area contributed by atoms with Gasteiger partial charge in [0.25, 0.3) is 0 Å². The molecule has 0 saturated carbocycles. The lowest BCUT2D eigenvalue weighted by Crippen LogP contribution is -2.34. The Morgan fingerprint density at radius 1 is 1.12 bits per heavy atom. The van der Waals surface area contributed by atoms with Gasteiger partial charge >= 0.3 is 6.03 Å². The molecular weight excluding hydrogens is 304 g/mol. The van der Waals surface area contributed by atoms with Gasteiger partial charge in [-0.25, -0.2) is 4.79 Å². The van der Waals surface area contributed by atoms with Gasteiger partial charge in [0.15, 0.2) is 0 Å². The van der Waals surface area contributed by atoms with Crippen LogP contribution >= 0.6 is 0 Å². The van der Waals surface area contributed by atoms with Gasteiger partial charge in [-0.2, -0.15) is 0 Å². The third kappa shape index (κ3) is 4.99. The molecule has 1 aliphatic rings. The first-order chi connectivity index (χ1) is 11.8. The molecule has 1 aliphatic heterocycles. The van der Waals surface area contributed by atoms with Crippen LogP contribution in [0.15, 0.2) is 54.6 Å². The second-order valence-electron chi connectivity index (χ2n) is 5.77. The minimum Gasteiger partial charge on any atom is -0.489 e. The summed E-state index contributed by atoms with van der Waals surface area (Å²) in [6.45, 7) is 1.86. The van der Waals surface area contributed by atoms with Crippen LogP contribution in [0, 0.1) is 0 Å². The van der Waals surface area contributed by atoms with Crippen LogP contribution in [0.25, 0.3) is 0 Å². The molecule has 1 unspecified atom stereocenters. The van der Waals surface area contributed by atoms with E-state index in [4.69, 9.17) is 9.47 Å². The van der Waals surface area contributed by atoms with Gasteiger partial charge in [0.05, 0.1) is 6.10 Å². The molecule has 0 aromatic heterocycles. The number of benzene rings is 2. The van der Waals surface area contributed by atoms with Gasteiger partial charge in [0.2, 0.25) is 0 Å². The van der Waals surface area contributed by atoms with Gasteiger partial charge < -0.3 is 20.1 Å².